The third-order valence-corrected chi connectivity index (χ3v) is 2.22. The van der Waals surface area contributed by atoms with E-state index in [1.165, 1.54) is 0 Å². The maximum atomic E-state index is 11.4. The molecule has 7 heteroatoms. The topological polar surface area (TPSA) is 133 Å². The summed E-state index contributed by atoms with van der Waals surface area (Å²) in [5.74, 6) is -1.99. The van der Waals surface area contributed by atoms with Gasteiger partial charge in [0.15, 0.2) is 6.10 Å². The number of carbonyl (C=O) groups excluding carboxylic acids is 1. The monoisotopic (exact) mass is 248 g/mol. The molecule has 0 rings (SSSR count). The fraction of sp³-hybridized carbons (Fsp3) is 0.800. The van der Waals surface area contributed by atoms with E-state index in [2.05, 4.69) is 5.32 Å². The summed E-state index contributed by atoms with van der Waals surface area (Å²) in [6, 6.07) is -2.04. The number of aliphatic hydroxyl groups excluding tert-OH is 2. The number of carboxylic acid groups (broad SMARTS) is 1. The molecule has 17 heavy (non-hydrogen) atoms. The van der Waals surface area contributed by atoms with Crippen molar-refractivity contribution < 1.29 is 24.9 Å². The van der Waals surface area contributed by atoms with Gasteiger partial charge in [-0.1, -0.05) is 13.8 Å². The lowest BCUT2D eigenvalue weighted by Gasteiger charge is -2.24. The van der Waals surface area contributed by atoms with Crippen LogP contribution in [0.5, 0.6) is 0 Å². The zero-order chi connectivity index (χ0) is 13.6. The Kier molecular flexibility index (Phi) is 6.71. The van der Waals surface area contributed by atoms with Crippen molar-refractivity contribution in [2.24, 2.45) is 11.7 Å². The molecule has 0 saturated carbocycles. The molecule has 0 aromatic carbocycles. The van der Waals surface area contributed by atoms with Crippen molar-refractivity contribution in [2.75, 3.05) is 6.61 Å². The first-order valence-corrected chi connectivity index (χ1v) is 5.37. The summed E-state index contributed by atoms with van der Waals surface area (Å²) in [6.45, 7) is 3.13. The van der Waals surface area contributed by atoms with Gasteiger partial charge in [-0.15, -0.1) is 0 Å². The van der Waals surface area contributed by atoms with Crippen molar-refractivity contribution in [3.05, 3.63) is 0 Å². The van der Waals surface area contributed by atoms with Gasteiger partial charge in [0.1, 0.15) is 6.04 Å². The normalized spacial score (nSPS) is 16.4. The highest BCUT2D eigenvalue weighted by Gasteiger charge is 2.29. The minimum Gasteiger partial charge on any atom is -0.479 e. The zero-order valence-corrected chi connectivity index (χ0v) is 9.96. The first-order chi connectivity index (χ1) is 7.79. The second kappa shape index (κ2) is 7.21. The van der Waals surface area contributed by atoms with E-state index in [1.807, 2.05) is 13.8 Å². The average molecular weight is 248 g/mol. The van der Waals surface area contributed by atoms with Gasteiger partial charge in [0.2, 0.25) is 5.91 Å². The second-order valence-electron chi connectivity index (χ2n) is 4.32. The van der Waals surface area contributed by atoms with Gasteiger partial charge in [0.05, 0.1) is 12.6 Å². The van der Waals surface area contributed by atoms with Gasteiger partial charge >= 0.3 is 5.97 Å². The Bertz CT molecular complexity index is 269. The third kappa shape index (κ3) is 5.62. The minimum atomic E-state index is -1.69. The molecule has 0 aromatic heterocycles. The molecule has 1 unspecified atom stereocenters. The van der Waals surface area contributed by atoms with Crippen LogP contribution in [0.4, 0.5) is 0 Å². The molecule has 1 amide bonds. The quantitative estimate of drug-likeness (QED) is 0.364. The smallest absolute Gasteiger partial charge is 0.334 e. The first-order valence-electron chi connectivity index (χ1n) is 5.37. The molecule has 0 fully saturated rings. The molecule has 0 heterocycles. The Morgan fingerprint density at radius 3 is 2.24 bits per heavy atom. The largest absolute Gasteiger partial charge is 0.479 e. The van der Waals surface area contributed by atoms with Gasteiger partial charge in [0.25, 0.3) is 0 Å². The molecule has 0 spiro atoms. The predicted molar refractivity (Wildman–Crippen MR) is 60.1 cm³/mol. The van der Waals surface area contributed by atoms with Crippen molar-refractivity contribution >= 4 is 11.9 Å². The van der Waals surface area contributed by atoms with Crippen LogP contribution in [0.15, 0.2) is 0 Å². The molecule has 0 aliphatic heterocycles. The third-order valence-electron chi connectivity index (χ3n) is 2.22. The summed E-state index contributed by atoms with van der Waals surface area (Å²) in [7, 11) is 0. The molecule has 3 atom stereocenters. The number of aliphatic hydroxyl groups is 2. The summed E-state index contributed by atoms with van der Waals surface area (Å²) in [5.41, 5.74) is 5.28. The summed E-state index contributed by atoms with van der Waals surface area (Å²) in [5, 5.41) is 29.1. The minimum absolute atomic E-state index is 0.0969. The highest BCUT2D eigenvalue weighted by molar-refractivity contribution is 5.83. The molecule has 7 nitrogen and oxygen atoms in total. The fourth-order valence-corrected chi connectivity index (χ4v) is 1.32. The standard InChI is InChI=1S/C10H20N2O5/c1-5(2)3-7(8(14)10(16)17)12-9(15)6(11)4-13/h5-8,13-14H,3-4,11H2,1-2H3,(H,12,15)(H,16,17)/t6-,7-,8?/m0/s1. The number of amides is 1. The lowest BCUT2D eigenvalue weighted by atomic mass is 9.99. The Balaban J connectivity index is 4.59. The molecule has 0 radical (unpaired) electrons. The van der Waals surface area contributed by atoms with Gasteiger partial charge in [-0.3, -0.25) is 4.79 Å². The second-order valence-corrected chi connectivity index (χ2v) is 4.32. The number of rotatable bonds is 7. The molecular weight excluding hydrogens is 228 g/mol. The van der Waals surface area contributed by atoms with Crippen LogP contribution in [0.2, 0.25) is 0 Å². The van der Waals surface area contributed by atoms with Crippen LogP contribution >= 0.6 is 0 Å². The zero-order valence-electron chi connectivity index (χ0n) is 9.96. The van der Waals surface area contributed by atoms with Gasteiger partial charge in [-0.05, 0) is 12.3 Å². The van der Waals surface area contributed by atoms with Gasteiger partial charge < -0.3 is 26.4 Å². The lowest BCUT2D eigenvalue weighted by Crippen LogP contribution is -2.53. The van der Waals surface area contributed by atoms with Crippen LogP contribution in [-0.4, -0.2) is 52.0 Å². The van der Waals surface area contributed by atoms with Crippen molar-refractivity contribution in [1.82, 2.24) is 5.32 Å². The van der Waals surface area contributed by atoms with E-state index < -0.39 is 36.7 Å². The Morgan fingerprint density at radius 1 is 1.35 bits per heavy atom. The van der Waals surface area contributed by atoms with Crippen molar-refractivity contribution in [1.29, 1.82) is 0 Å². The van der Waals surface area contributed by atoms with E-state index in [9.17, 15) is 14.7 Å². The van der Waals surface area contributed by atoms with Crippen molar-refractivity contribution in [2.45, 2.75) is 38.5 Å². The van der Waals surface area contributed by atoms with Crippen LogP contribution in [0.1, 0.15) is 20.3 Å². The maximum Gasteiger partial charge on any atom is 0.334 e. The Hall–Kier alpha value is -1.18. The highest BCUT2D eigenvalue weighted by Crippen LogP contribution is 2.09. The van der Waals surface area contributed by atoms with E-state index in [0.29, 0.717) is 6.42 Å². The van der Waals surface area contributed by atoms with Crippen LogP contribution in [0.25, 0.3) is 0 Å². The van der Waals surface area contributed by atoms with Crippen LogP contribution in [-0.2, 0) is 9.59 Å². The Labute approximate surface area is 99.6 Å². The van der Waals surface area contributed by atoms with Crippen LogP contribution < -0.4 is 11.1 Å². The SMILES string of the molecule is CC(C)C[C@H](NC(=O)[C@@H](N)CO)C(O)C(=O)O. The average Bonchev–Trinajstić information content (AvgIpc) is 2.24. The summed E-state index contributed by atoms with van der Waals surface area (Å²) in [6.07, 6.45) is -1.38. The number of carboxylic acids is 1. The molecule has 0 bridgehead atoms. The molecule has 100 valence electrons. The number of nitrogens with two attached hydrogens (primary N) is 1. The molecule has 0 aliphatic rings. The molecule has 6 N–H and O–H groups in total. The van der Waals surface area contributed by atoms with Crippen molar-refractivity contribution in [3.63, 3.8) is 0 Å². The molecule has 0 aliphatic carbocycles. The van der Waals surface area contributed by atoms with Crippen LogP contribution in [0, 0.1) is 5.92 Å². The van der Waals surface area contributed by atoms with Crippen LogP contribution in [0.3, 0.4) is 0 Å². The van der Waals surface area contributed by atoms with Gasteiger partial charge in [-0.25, -0.2) is 4.79 Å². The van der Waals surface area contributed by atoms with E-state index >= 15 is 0 Å². The van der Waals surface area contributed by atoms with Gasteiger partial charge in [0, 0.05) is 0 Å². The highest BCUT2D eigenvalue weighted by atomic mass is 16.4. The fourth-order valence-electron chi connectivity index (χ4n) is 1.32. The number of nitrogens with one attached hydrogen (secondary N) is 1. The molecule has 0 aromatic rings. The number of aliphatic carboxylic acids is 1. The predicted octanol–water partition coefficient (Wildman–Crippen LogP) is -1.72. The lowest BCUT2D eigenvalue weighted by molar-refractivity contribution is -0.149. The first kappa shape index (κ1) is 15.8. The van der Waals surface area contributed by atoms with E-state index in [-0.39, 0.29) is 5.92 Å². The summed E-state index contributed by atoms with van der Waals surface area (Å²) < 4.78 is 0. The van der Waals surface area contributed by atoms with E-state index in [0.717, 1.165) is 0 Å². The number of hydrogen-bond acceptors (Lipinski definition) is 5. The Morgan fingerprint density at radius 2 is 1.88 bits per heavy atom. The van der Waals surface area contributed by atoms with E-state index in [4.69, 9.17) is 15.9 Å². The summed E-state index contributed by atoms with van der Waals surface area (Å²) >= 11 is 0. The van der Waals surface area contributed by atoms with Crippen molar-refractivity contribution in [3.8, 4) is 0 Å². The maximum absolute atomic E-state index is 11.4. The van der Waals surface area contributed by atoms with E-state index in [1.54, 1.807) is 0 Å². The van der Waals surface area contributed by atoms with Gasteiger partial charge in [-0.2, -0.15) is 0 Å². The summed E-state index contributed by atoms with van der Waals surface area (Å²) in [4.78, 5) is 22.1. The molecular formula is C10H20N2O5. The molecule has 0 saturated heterocycles. The number of hydrogen-bond donors (Lipinski definition) is 5. The number of carbonyl (C=O) groups is 2.